The molecule has 0 aliphatic carbocycles. The number of fused-ring (bicyclic) bond motifs is 1. The van der Waals surface area contributed by atoms with Gasteiger partial charge in [-0.3, -0.25) is 9.69 Å². The highest BCUT2D eigenvalue weighted by Crippen LogP contribution is 2.34. The summed E-state index contributed by atoms with van der Waals surface area (Å²) in [6, 6.07) is 32.1. The van der Waals surface area contributed by atoms with E-state index in [0.717, 1.165) is 38.4 Å². The van der Waals surface area contributed by atoms with Gasteiger partial charge >= 0.3 is 0 Å². The van der Waals surface area contributed by atoms with Crippen LogP contribution in [0.1, 0.15) is 20.9 Å². The van der Waals surface area contributed by atoms with Gasteiger partial charge in [-0.25, -0.2) is 9.67 Å². The molecule has 3 heterocycles. The smallest absolute Gasteiger partial charge is 0.270 e. The minimum Gasteiger partial charge on any atom is -0.279 e. The van der Waals surface area contributed by atoms with E-state index in [9.17, 15) is 4.79 Å². The SMILES string of the molecule is Cc1nn(-c2ccccc2)c2sc(C(=O)N(Cc3ccccc3)c3nc(-c4ccccc4)cs3)cc12. The summed E-state index contributed by atoms with van der Waals surface area (Å²) in [5.41, 5.74) is 4.83. The highest BCUT2D eigenvalue weighted by molar-refractivity contribution is 7.20. The molecule has 36 heavy (non-hydrogen) atoms. The summed E-state index contributed by atoms with van der Waals surface area (Å²) in [6.07, 6.45) is 0. The Balaban J connectivity index is 1.40. The molecule has 0 radical (unpaired) electrons. The van der Waals surface area contributed by atoms with E-state index in [-0.39, 0.29) is 5.91 Å². The van der Waals surface area contributed by atoms with E-state index >= 15 is 0 Å². The summed E-state index contributed by atoms with van der Waals surface area (Å²) < 4.78 is 1.92. The van der Waals surface area contributed by atoms with Gasteiger partial charge in [0.2, 0.25) is 0 Å². The van der Waals surface area contributed by atoms with Gasteiger partial charge in [0.1, 0.15) is 4.83 Å². The molecular weight excluding hydrogens is 484 g/mol. The van der Waals surface area contributed by atoms with E-state index in [1.807, 2.05) is 114 Å². The van der Waals surface area contributed by atoms with Crippen molar-refractivity contribution in [3.05, 3.63) is 119 Å². The lowest BCUT2D eigenvalue weighted by Crippen LogP contribution is -2.29. The lowest BCUT2D eigenvalue weighted by molar-refractivity contribution is 0.0989. The number of thiophene rings is 1. The monoisotopic (exact) mass is 506 g/mol. The number of anilines is 1. The van der Waals surface area contributed by atoms with Crippen LogP contribution in [0.15, 0.2) is 102 Å². The third-order valence-corrected chi connectivity index (χ3v) is 7.94. The van der Waals surface area contributed by atoms with Crippen LogP contribution in [0.25, 0.3) is 27.2 Å². The van der Waals surface area contributed by atoms with Gasteiger partial charge in [0.25, 0.3) is 5.91 Å². The average Bonchev–Trinajstić information content (AvgIpc) is 3.66. The summed E-state index contributed by atoms with van der Waals surface area (Å²) in [5.74, 6) is -0.0620. The number of para-hydroxylation sites is 1. The van der Waals surface area contributed by atoms with Crippen LogP contribution in [0, 0.1) is 6.92 Å². The molecule has 0 bridgehead atoms. The standard InChI is InChI=1S/C29H22N4OS2/c1-20-24-17-26(36-28(24)33(31-20)23-15-9-4-10-16-23)27(34)32(18-21-11-5-2-6-12-21)29-30-25(19-35-29)22-13-7-3-8-14-22/h2-17,19H,18H2,1H3. The fraction of sp³-hybridized carbons (Fsp3) is 0.0690. The molecular formula is C29H22N4OS2. The Hall–Kier alpha value is -4.07. The van der Waals surface area contributed by atoms with Crippen molar-refractivity contribution in [2.75, 3.05) is 4.90 Å². The first-order valence-electron chi connectivity index (χ1n) is 11.6. The number of hydrogen-bond donors (Lipinski definition) is 0. The van der Waals surface area contributed by atoms with Crippen LogP contribution >= 0.6 is 22.7 Å². The number of nitrogens with zero attached hydrogens (tertiary/aromatic N) is 4. The molecule has 7 heteroatoms. The molecule has 0 saturated heterocycles. The number of amides is 1. The Labute approximate surface area is 216 Å². The summed E-state index contributed by atoms with van der Waals surface area (Å²) in [5, 5.41) is 8.41. The number of benzene rings is 3. The van der Waals surface area contributed by atoms with E-state index < -0.39 is 0 Å². The quantitative estimate of drug-likeness (QED) is 0.237. The van der Waals surface area contributed by atoms with Crippen molar-refractivity contribution in [1.29, 1.82) is 0 Å². The van der Waals surface area contributed by atoms with Crippen LogP contribution in [0.2, 0.25) is 0 Å². The topological polar surface area (TPSA) is 51.0 Å². The van der Waals surface area contributed by atoms with Gasteiger partial charge in [-0.15, -0.1) is 22.7 Å². The van der Waals surface area contributed by atoms with Gasteiger partial charge in [0, 0.05) is 16.3 Å². The Kier molecular flexibility index (Phi) is 5.93. The van der Waals surface area contributed by atoms with E-state index in [0.29, 0.717) is 16.6 Å². The Morgan fingerprint density at radius 3 is 2.31 bits per heavy atom. The molecule has 6 aromatic rings. The van der Waals surface area contributed by atoms with Crippen LogP contribution in [0.5, 0.6) is 0 Å². The van der Waals surface area contributed by atoms with E-state index in [1.54, 1.807) is 4.90 Å². The zero-order chi connectivity index (χ0) is 24.5. The Bertz CT molecular complexity index is 1640. The van der Waals surface area contributed by atoms with Crippen molar-refractivity contribution in [2.45, 2.75) is 13.5 Å². The maximum absolute atomic E-state index is 14.0. The van der Waals surface area contributed by atoms with Crippen molar-refractivity contribution in [1.82, 2.24) is 14.8 Å². The molecule has 5 nitrogen and oxygen atoms in total. The first-order chi connectivity index (χ1) is 17.7. The molecule has 0 unspecified atom stereocenters. The normalized spacial score (nSPS) is 11.1. The average molecular weight is 507 g/mol. The lowest BCUT2D eigenvalue weighted by Gasteiger charge is -2.19. The van der Waals surface area contributed by atoms with E-state index in [4.69, 9.17) is 10.1 Å². The second kappa shape index (κ2) is 9.53. The van der Waals surface area contributed by atoms with Crippen molar-refractivity contribution < 1.29 is 4.79 Å². The van der Waals surface area contributed by atoms with Gasteiger partial charge in [0.05, 0.1) is 28.5 Å². The molecule has 6 rings (SSSR count). The van der Waals surface area contributed by atoms with Gasteiger partial charge < -0.3 is 0 Å². The molecule has 3 aromatic carbocycles. The predicted molar refractivity (Wildman–Crippen MR) is 148 cm³/mol. The molecule has 0 N–H and O–H groups in total. The van der Waals surface area contributed by atoms with Crippen LogP contribution in [0.4, 0.5) is 5.13 Å². The van der Waals surface area contributed by atoms with Crippen LogP contribution < -0.4 is 4.90 Å². The van der Waals surface area contributed by atoms with Gasteiger partial charge in [-0.2, -0.15) is 5.10 Å². The van der Waals surface area contributed by atoms with Crippen LogP contribution in [-0.2, 0) is 6.54 Å². The van der Waals surface area contributed by atoms with Crippen LogP contribution in [0.3, 0.4) is 0 Å². The number of rotatable bonds is 6. The van der Waals surface area contributed by atoms with Crippen LogP contribution in [-0.4, -0.2) is 20.7 Å². The van der Waals surface area contributed by atoms with Gasteiger partial charge in [-0.1, -0.05) is 78.9 Å². The second-order valence-corrected chi connectivity index (χ2v) is 10.3. The lowest BCUT2D eigenvalue weighted by atomic mass is 10.2. The van der Waals surface area contributed by atoms with Crippen molar-refractivity contribution >= 4 is 43.9 Å². The number of aromatic nitrogens is 3. The summed E-state index contributed by atoms with van der Waals surface area (Å²) in [6.45, 7) is 2.43. The second-order valence-electron chi connectivity index (χ2n) is 8.42. The largest absolute Gasteiger partial charge is 0.279 e. The molecule has 0 saturated carbocycles. The van der Waals surface area contributed by atoms with E-state index in [2.05, 4.69) is 0 Å². The third-order valence-electron chi connectivity index (χ3n) is 5.98. The summed E-state index contributed by atoms with van der Waals surface area (Å²) >= 11 is 2.96. The molecule has 0 aliphatic heterocycles. The van der Waals surface area contributed by atoms with Gasteiger partial charge in [-0.05, 0) is 30.7 Å². The number of thiazole rings is 1. The maximum atomic E-state index is 14.0. The number of aryl methyl sites for hydroxylation is 1. The molecule has 0 spiro atoms. The minimum absolute atomic E-state index is 0.0620. The number of carbonyl (C=O) groups excluding carboxylic acids is 1. The number of hydrogen-bond acceptors (Lipinski definition) is 5. The van der Waals surface area contributed by atoms with Crippen molar-refractivity contribution in [2.24, 2.45) is 0 Å². The molecule has 3 aromatic heterocycles. The van der Waals surface area contributed by atoms with Crippen molar-refractivity contribution in [3.63, 3.8) is 0 Å². The highest BCUT2D eigenvalue weighted by atomic mass is 32.1. The fourth-order valence-electron chi connectivity index (χ4n) is 4.15. The maximum Gasteiger partial charge on any atom is 0.270 e. The summed E-state index contributed by atoms with van der Waals surface area (Å²) in [4.78, 5) is 22.3. The minimum atomic E-state index is -0.0620. The first-order valence-corrected chi connectivity index (χ1v) is 13.3. The zero-order valence-corrected chi connectivity index (χ0v) is 21.2. The number of carbonyl (C=O) groups is 1. The Morgan fingerprint density at radius 2 is 1.58 bits per heavy atom. The first kappa shape index (κ1) is 22.4. The molecule has 0 fully saturated rings. The summed E-state index contributed by atoms with van der Waals surface area (Å²) in [7, 11) is 0. The fourth-order valence-corrected chi connectivity index (χ4v) is 6.12. The van der Waals surface area contributed by atoms with Crippen molar-refractivity contribution in [3.8, 4) is 16.9 Å². The van der Waals surface area contributed by atoms with E-state index in [1.165, 1.54) is 22.7 Å². The molecule has 0 aliphatic rings. The molecule has 176 valence electrons. The zero-order valence-electron chi connectivity index (χ0n) is 19.5. The third kappa shape index (κ3) is 4.23. The Morgan fingerprint density at radius 1 is 0.917 bits per heavy atom. The molecule has 0 atom stereocenters. The predicted octanol–water partition coefficient (Wildman–Crippen LogP) is 7.37. The molecule has 1 amide bonds. The van der Waals surface area contributed by atoms with Gasteiger partial charge in [0.15, 0.2) is 5.13 Å². The highest BCUT2D eigenvalue weighted by Gasteiger charge is 2.25.